The van der Waals surface area contributed by atoms with Crippen molar-refractivity contribution in [3.63, 3.8) is 0 Å². The lowest BCUT2D eigenvalue weighted by molar-refractivity contribution is -0.0862. The van der Waals surface area contributed by atoms with Crippen molar-refractivity contribution < 1.29 is 4.74 Å². The van der Waals surface area contributed by atoms with Crippen molar-refractivity contribution in [2.75, 3.05) is 6.54 Å². The third-order valence-electron chi connectivity index (χ3n) is 6.23. The van der Waals surface area contributed by atoms with Crippen LogP contribution in [-0.2, 0) is 11.2 Å². The number of nitrogens with one attached hydrogen (secondary N) is 1. The molecule has 1 aromatic carbocycles. The number of hydrogen-bond acceptors (Lipinski definition) is 2. The summed E-state index contributed by atoms with van der Waals surface area (Å²) in [6.07, 6.45) is 11.9. The summed E-state index contributed by atoms with van der Waals surface area (Å²) in [5.41, 5.74) is 1.68. The highest BCUT2D eigenvalue weighted by Gasteiger charge is 2.50. The Morgan fingerprint density at radius 3 is 2.48 bits per heavy atom. The Morgan fingerprint density at radius 1 is 1.20 bits per heavy atom. The van der Waals surface area contributed by atoms with Crippen LogP contribution in [0, 0.1) is 11.3 Å². The van der Waals surface area contributed by atoms with Crippen LogP contribution in [0.2, 0.25) is 5.02 Å². The van der Waals surface area contributed by atoms with Crippen molar-refractivity contribution in [2.24, 2.45) is 11.3 Å². The molecule has 3 rings (SSSR count). The average molecular weight is 380 g/mol. The molecule has 0 bridgehead atoms. The molecule has 0 saturated heterocycles. The van der Waals surface area contributed by atoms with E-state index in [-0.39, 0.29) is 0 Å². The maximum absolute atomic E-state index is 6.13. The molecule has 0 unspecified atom stereocenters. The summed E-state index contributed by atoms with van der Waals surface area (Å²) in [7, 11) is 0. The zero-order chi connectivity index (χ0) is 17.7. The Labute approximate surface area is 162 Å². The molecule has 1 spiro atoms. The maximum atomic E-state index is 6.13. The first-order chi connectivity index (χ1) is 12.1. The SMILES string of the molecule is CCCC1CCC2(CC1)CC[C@@H]2OC(=S)NCCc1ccc(Cl)cc1. The molecule has 0 amide bonds. The van der Waals surface area contributed by atoms with Crippen LogP contribution in [0.5, 0.6) is 0 Å². The van der Waals surface area contributed by atoms with E-state index in [0.29, 0.717) is 16.7 Å². The van der Waals surface area contributed by atoms with E-state index >= 15 is 0 Å². The van der Waals surface area contributed by atoms with Crippen molar-refractivity contribution in [3.8, 4) is 0 Å². The molecule has 1 N–H and O–H groups in total. The van der Waals surface area contributed by atoms with E-state index in [1.165, 1.54) is 50.5 Å². The van der Waals surface area contributed by atoms with E-state index in [2.05, 4.69) is 24.4 Å². The first-order valence-corrected chi connectivity index (χ1v) is 10.6. The maximum Gasteiger partial charge on any atom is 0.256 e. The molecule has 0 radical (unpaired) electrons. The molecule has 4 heteroatoms. The predicted octanol–water partition coefficient (Wildman–Crippen LogP) is 5.91. The van der Waals surface area contributed by atoms with Gasteiger partial charge in [-0.2, -0.15) is 0 Å². The zero-order valence-electron chi connectivity index (χ0n) is 15.2. The van der Waals surface area contributed by atoms with Gasteiger partial charge in [0.25, 0.3) is 5.17 Å². The van der Waals surface area contributed by atoms with Crippen LogP contribution in [-0.4, -0.2) is 17.8 Å². The molecule has 2 aliphatic carbocycles. The van der Waals surface area contributed by atoms with Crippen LogP contribution in [0.3, 0.4) is 0 Å². The molecule has 1 aromatic rings. The van der Waals surface area contributed by atoms with Gasteiger partial charge in [0.1, 0.15) is 6.10 Å². The summed E-state index contributed by atoms with van der Waals surface area (Å²) in [4.78, 5) is 0. The summed E-state index contributed by atoms with van der Waals surface area (Å²) < 4.78 is 6.13. The second kappa shape index (κ2) is 8.73. The van der Waals surface area contributed by atoms with E-state index in [9.17, 15) is 0 Å². The third kappa shape index (κ3) is 4.89. The quantitative estimate of drug-likeness (QED) is 0.620. The number of benzene rings is 1. The molecule has 2 nitrogen and oxygen atoms in total. The third-order valence-corrected chi connectivity index (χ3v) is 6.72. The van der Waals surface area contributed by atoms with Gasteiger partial charge in [-0.1, -0.05) is 43.5 Å². The first kappa shape index (κ1) is 19.0. The topological polar surface area (TPSA) is 21.3 Å². The van der Waals surface area contributed by atoms with E-state index in [4.69, 9.17) is 28.6 Å². The summed E-state index contributed by atoms with van der Waals surface area (Å²) in [5.74, 6) is 0.946. The lowest BCUT2D eigenvalue weighted by Gasteiger charge is -2.52. The van der Waals surface area contributed by atoms with Crippen molar-refractivity contribution >= 4 is 29.0 Å². The molecule has 138 valence electrons. The van der Waals surface area contributed by atoms with Gasteiger partial charge in [-0.15, -0.1) is 0 Å². The minimum atomic E-state index is 0.339. The number of hydrogen-bond donors (Lipinski definition) is 1. The van der Waals surface area contributed by atoms with Crippen LogP contribution in [0.4, 0.5) is 0 Å². The Kier molecular flexibility index (Phi) is 6.62. The fourth-order valence-electron chi connectivity index (χ4n) is 4.51. The molecular formula is C21H30ClNOS. The van der Waals surface area contributed by atoms with Crippen LogP contribution in [0.1, 0.15) is 63.9 Å². The number of ether oxygens (including phenoxy) is 1. The predicted molar refractivity (Wildman–Crippen MR) is 109 cm³/mol. The average Bonchev–Trinajstić information content (AvgIpc) is 2.61. The van der Waals surface area contributed by atoms with Crippen molar-refractivity contribution in [1.82, 2.24) is 5.32 Å². The molecule has 0 aliphatic heterocycles. The van der Waals surface area contributed by atoms with Gasteiger partial charge in [0.2, 0.25) is 0 Å². The minimum Gasteiger partial charge on any atom is -0.467 e. The Balaban J connectivity index is 1.39. The van der Waals surface area contributed by atoms with E-state index in [0.717, 1.165) is 30.3 Å². The summed E-state index contributed by atoms with van der Waals surface area (Å²) in [6.45, 7) is 3.10. The van der Waals surface area contributed by atoms with Crippen LogP contribution in [0.25, 0.3) is 0 Å². The van der Waals surface area contributed by atoms with Crippen LogP contribution in [0.15, 0.2) is 24.3 Å². The number of thiocarbonyl (C=S) groups is 1. The molecule has 0 aromatic heterocycles. The normalized spacial score (nSPS) is 28.4. The van der Waals surface area contributed by atoms with Crippen molar-refractivity contribution in [2.45, 2.75) is 70.8 Å². The first-order valence-electron chi connectivity index (χ1n) is 9.80. The molecular weight excluding hydrogens is 350 g/mol. The van der Waals surface area contributed by atoms with E-state index in [1.807, 2.05) is 12.1 Å². The summed E-state index contributed by atoms with van der Waals surface area (Å²) in [5, 5.41) is 4.63. The molecule has 2 saturated carbocycles. The molecule has 25 heavy (non-hydrogen) atoms. The molecule has 2 aliphatic rings. The van der Waals surface area contributed by atoms with Gasteiger partial charge in [0, 0.05) is 17.0 Å². The molecule has 2 fully saturated rings. The summed E-state index contributed by atoms with van der Waals surface area (Å²) >= 11 is 11.3. The number of rotatable bonds is 6. The lowest BCUT2D eigenvalue weighted by atomic mass is 9.57. The molecule has 1 atom stereocenters. The van der Waals surface area contributed by atoms with Gasteiger partial charge in [0.05, 0.1) is 0 Å². The largest absolute Gasteiger partial charge is 0.467 e. The van der Waals surface area contributed by atoms with Crippen molar-refractivity contribution in [3.05, 3.63) is 34.9 Å². The van der Waals surface area contributed by atoms with Gasteiger partial charge >= 0.3 is 0 Å². The smallest absolute Gasteiger partial charge is 0.256 e. The fraction of sp³-hybridized carbons (Fsp3) is 0.667. The highest BCUT2D eigenvalue weighted by molar-refractivity contribution is 7.80. The highest BCUT2D eigenvalue weighted by Crippen LogP contribution is 2.54. The Morgan fingerprint density at radius 2 is 1.88 bits per heavy atom. The van der Waals surface area contributed by atoms with Gasteiger partial charge in [-0.3, -0.25) is 0 Å². The van der Waals surface area contributed by atoms with Gasteiger partial charge in [0.15, 0.2) is 0 Å². The van der Waals surface area contributed by atoms with Gasteiger partial charge in [-0.25, -0.2) is 0 Å². The van der Waals surface area contributed by atoms with E-state index < -0.39 is 0 Å². The van der Waals surface area contributed by atoms with Crippen LogP contribution >= 0.6 is 23.8 Å². The highest BCUT2D eigenvalue weighted by atomic mass is 35.5. The zero-order valence-corrected chi connectivity index (χ0v) is 16.8. The monoisotopic (exact) mass is 379 g/mol. The minimum absolute atomic E-state index is 0.339. The standard InChI is InChI=1S/C21H30ClNOS/c1-2-3-16-8-12-21(13-9-16)14-10-19(21)24-20(25)23-15-11-17-4-6-18(22)7-5-17/h4-7,16,19H,2-3,8-15H2,1H3,(H,23,25)/t16?,19-,21?/m0/s1. The van der Waals surface area contributed by atoms with E-state index in [1.54, 1.807) is 0 Å². The van der Waals surface area contributed by atoms with Crippen molar-refractivity contribution in [1.29, 1.82) is 0 Å². The number of halogens is 1. The summed E-state index contributed by atoms with van der Waals surface area (Å²) in [6, 6.07) is 7.98. The fourth-order valence-corrected chi connectivity index (χ4v) is 4.85. The lowest BCUT2D eigenvalue weighted by Crippen LogP contribution is -2.50. The molecule has 0 heterocycles. The second-order valence-corrected chi connectivity index (χ2v) is 8.64. The second-order valence-electron chi connectivity index (χ2n) is 7.83. The Bertz CT molecular complexity index is 566. The van der Waals surface area contributed by atoms with Gasteiger partial charge < -0.3 is 10.1 Å². The van der Waals surface area contributed by atoms with Crippen LogP contribution < -0.4 is 5.32 Å². The Hall–Kier alpha value is -0.800. The van der Waals surface area contributed by atoms with Gasteiger partial charge in [-0.05, 0) is 80.8 Å².